The molecule has 2 aliphatic carbocycles. The van der Waals surface area contributed by atoms with Gasteiger partial charge < -0.3 is 27.7 Å². The molecule has 2 aliphatic rings. The first-order valence-electron chi connectivity index (χ1n) is 25.8. The van der Waals surface area contributed by atoms with Crippen LogP contribution in [0.1, 0.15) is 155 Å². The molecule has 72 heavy (non-hydrogen) atoms. The van der Waals surface area contributed by atoms with Crippen molar-refractivity contribution < 1.29 is 71.2 Å². The van der Waals surface area contributed by atoms with E-state index in [2.05, 4.69) is 218 Å². The van der Waals surface area contributed by atoms with Crippen molar-refractivity contribution in [3.63, 3.8) is 0 Å². The van der Waals surface area contributed by atoms with Crippen LogP contribution in [0.25, 0.3) is 22.3 Å². The standard InChI is InChI=1S/2C25H18.2C3H7.6C2H6.2CH3.2La/c2*1-3-11-19(12-4-1)25(20-13-5-2-6-14-20)23-17-9-7-15-21(23)22-16-8-10-18-24(22)25;2*1-3-2;6*1-2;;;;/h2*1-18H;2*3H,1-2H3;6*1-2H3;2*1H3;;/q;;2*-1;;;;;;;2*-1;;. The smallest absolute Gasteiger partial charge is 0.0713 e. The second kappa shape index (κ2) is 43.5. The summed E-state index contributed by atoms with van der Waals surface area (Å²) >= 11 is 0. The van der Waals surface area contributed by atoms with Gasteiger partial charge in [0, 0.05) is 71.2 Å². The van der Waals surface area contributed by atoms with Gasteiger partial charge in [0.05, 0.1) is 10.8 Å². The van der Waals surface area contributed by atoms with Crippen LogP contribution < -0.4 is 0 Å². The van der Waals surface area contributed by atoms with E-state index in [-0.39, 0.29) is 96.9 Å². The second-order valence-corrected chi connectivity index (χ2v) is 14.3. The summed E-state index contributed by atoms with van der Waals surface area (Å²) in [6.07, 6.45) is 4.00. The van der Waals surface area contributed by atoms with E-state index in [1.54, 1.807) is 0 Å². The van der Waals surface area contributed by atoms with Gasteiger partial charge in [-0.1, -0.05) is 301 Å². The van der Waals surface area contributed by atoms with Crippen LogP contribution in [0.4, 0.5) is 0 Å². The largest absolute Gasteiger partial charge is 0.358 e. The molecule has 0 aliphatic heterocycles. The molecule has 382 valence electrons. The van der Waals surface area contributed by atoms with E-state index in [1.165, 1.54) is 66.8 Å². The van der Waals surface area contributed by atoms with Crippen molar-refractivity contribution in [2.24, 2.45) is 0 Å². The minimum absolute atomic E-state index is 0. The van der Waals surface area contributed by atoms with Gasteiger partial charge in [-0.15, -0.1) is 0 Å². The van der Waals surface area contributed by atoms with E-state index in [1.807, 2.05) is 124 Å². The molecule has 2 radical (unpaired) electrons. The number of hydrogen-bond donors (Lipinski definition) is 0. The van der Waals surface area contributed by atoms with Gasteiger partial charge in [-0.25, -0.2) is 0 Å². The van der Waals surface area contributed by atoms with Gasteiger partial charge in [0.1, 0.15) is 0 Å². The molecule has 0 atom stereocenters. The van der Waals surface area contributed by atoms with Gasteiger partial charge in [0.25, 0.3) is 0 Å². The topological polar surface area (TPSA) is 0 Å². The molecule has 0 unspecified atom stereocenters. The molecule has 10 rings (SSSR count). The minimum atomic E-state index is -0.254. The van der Waals surface area contributed by atoms with E-state index in [4.69, 9.17) is 0 Å². The third-order valence-electron chi connectivity index (χ3n) is 10.7. The average Bonchev–Trinajstić information content (AvgIpc) is 3.92. The summed E-state index contributed by atoms with van der Waals surface area (Å²) in [7, 11) is 0. The average molecular weight is 1210 g/mol. The van der Waals surface area contributed by atoms with E-state index < -0.39 is 0 Å². The van der Waals surface area contributed by atoms with Crippen molar-refractivity contribution >= 4 is 0 Å². The fourth-order valence-corrected chi connectivity index (χ4v) is 8.80. The molecule has 0 nitrogen and oxygen atoms in total. The van der Waals surface area contributed by atoms with Crippen LogP contribution in [0.15, 0.2) is 218 Å². The Morgan fingerprint density at radius 1 is 0.222 bits per heavy atom. The quantitative estimate of drug-likeness (QED) is 0.154. The van der Waals surface area contributed by atoms with E-state index in [0.717, 1.165) is 0 Å². The molecule has 8 aromatic carbocycles. The Morgan fingerprint density at radius 3 is 0.500 bits per heavy atom. The molecule has 0 heterocycles. The van der Waals surface area contributed by atoms with Crippen LogP contribution in [0.3, 0.4) is 0 Å². The number of fused-ring (bicyclic) bond motifs is 6. The Kier molecular flexibility index (Phi) is 45.2. The zero-order valence-corrected chi connectivity index (χ0v) is 55.3. The maximum atomic E-state index is 2.29. The Morgan fingerprint density at radius 2 is 0.347 bits per heavy atom. The first-order chi connectivity index (χ1) is 33.7. The summed E-state index contributed by atoms with van der Waals surface area (Å²) in [6, 6.07) is 78.9. The van der Waals surface area contributed by atoms with Crippen molar-refractivity contribution in [3.8, 4) is 22.3 Å². The fourth-order valence-electron chi connectivity index (χ4n) is 8.80. The van der Waals surface area contributed by atoms with Crippen molar-refractivity contribution in [1.29, 1.82) is 0 Å². The predicted octanol–water partition coefficient (Wildman–Crippen LogP) is 21.6. The Bertz CT molecular complexity index is 2110. The van der Waals surface area contributed by atoms with Gasteiger partial charge in [-0.05, 0) is 66.8 Å². The van der Waals surface area contributed by atoms with Crippen LogP contribution in [0.5, 0.6) is 0 Å². The predicted molar refractivity (Wildman–Crippen MR) is 320 cm³/mol. The molecular weight excluding hydrogens is 1120 g/mol. The number of rotatable bonds is 4. The monoisotopic (exact) mass is 1210 g/mol. The fraction of sp³-hybridized carbons (Fsp3) is 0.257. The summed E-state index contributed by atoms with van der Waals surface area (Å²) in [4.78, 5) is 0. The third-order valence-corrected chi connectivity index (χ3v) is 10.7. The van der Waals surface area contributed by atoms with Gasteiger partial charge in [0.2, 0.25) is 0 Å². The summed E-state index contributed by atoms with van der Waals surface area (Å²) in [5.74, 6) is 0. The van der Waals surface area contributed by atoms with Gasteiger partial charge >= 0.3 is 0 Å². The summed E-state index contributed by atoms with van der Waals surface area (Å²) < 4.78 is 0. The molecule has 0 saturated heterocycles. The molecule has 0 saturated carbocycles. The van der Waals surface area contributed by atoms with E-state index in [0.29, 0.717) is 0 Å². The van der Waals surface area contributed by atoms with Gasteiger partial charge in [-0.3, -0.25) is 0 Å². The molecule has 0 bridgehead atoms. The van der Waals surface area contributed by atoms with Crippen molar-refractivity contribution in [3.05, 3.63) is 291 Å². The van der Waals surface area contributed by atoms with E-state index >= 15 is 0 Å². The minimum Gasteiger partial charge on any atom is -0.358 e. The maximum absolute atomic E-state index is 2.29. The second-order valence-electron chi connectivity index (χ2n) is 14.3. The molecule has 0 aromatic heterocycles. The van der Waals surface area contributed by atoms with E-state index in [9.17, 15) is 0 Å². The normalized spacial score (nSPS) is 10.7. The molecule has 0 N–H and O–H groups in total. The molecule has 0 fully saturated rings. The molecule has 0 spiro atoms. The summed E-state index contributed by atoms with van der Waals surface area (Å²) in [6.45, 7) is 32.0. The molecule has 0 amide bonds. The molecule has 2 heteroatoms. The summed E-state index contributed by atoms with van der Waals surface area (Å²) in [5, 5.41) is 0. The summed E-state index contributed by atoms with van der Waals surface area (Å²) in [5.41, 5.74) is 15.6. The van der Waals surface area contributed by atoms with Crippen molar-refractivity contribution in [2.75, 3.05) is 0 Å². The van der Waals surface area contributed by atoms with Crippen LogP contribution in [0, 0.1) is 98.9 Å². The van der Waals surface area contributed by atoms with Crippen LogP contribution in [-0.4, -0.2) is 0 Å². The number of hydrogen-bond acceptors (Lipinski definition) is 0. The van der Waals surface area contributed by atoms with Gasteiger partial charge in [0.15, 0.2) is 0 Å². The first-order valence-corrected chi connectivity index (χ1v) is 25.8. The zero-order chi connectivity index (χ0) is 50.8. The van der Waals surface area contributed by atoms with Crippen molar-refractivity contribution in [2.45, 2.75) is 122 Å². The third kappa shape index (κ3) is 17.1. The van der Waals surface area contributed by atoms with Crippen LogP contribution in [0.2, 0.25) is 0 Å². The maximum Gasteiger partial charge on any atom is 0.0713 e. The number of benzene rings is 8. The van der Waals surface area contributed by atoms with Crippen LogP contribution >= 0.6 is 0 Å². The Balaban J connectivity index is -0.000000468. The molecule has 8 aromatic rings. The zero-order valence-electron chi connectivity index (χ0n) is 48.1. The SMILES string of the molecule is CC.CC.CC.CC.CC.CC.C[CH-]C.C[CH-]C.[CH3-].[CH3-].[La].[La].c1ccc(C2(c3ccccc3)c3ccccc3-c3ccccc32)cc1.c1ccc(C2(c3ccccc3)c3ccccc3-c3ccccc32)cc1. The molecular formula is C70H92La2-4. The first kappa shape index (κ1) is 74.7. The van der Waals surface area contributed by atoms with Crippen molar-refractivity contribution in [1.82, 2.24) is 0 Å². The van der Waals surface area contributed by atoms with Gasteiger partial charge in [-0.2, -0.15) is 27.7 Å². The Labute approximate surface area is 500 Å². The van der Waals surface area contributed by atoms with Crippen LogP contribution in [-0.2, 0) is 10.8 Å². The Hall–Kier alpha value is -3.85.